The predicted molar refractivity (Wildman–Crippen MR) is 108 cm³/mol. The molecule has 0 aliphatic heterocycles. The number of carbonyl (C=O) groups excluding carboxylic acids is 1. The fraction of sp³-hybridized carbons (Fsp3) is 0.545. The maximum absolute atomic E-state index is 14.9. The van der Waals surface area contributed by atoms with Crippen LogP contribution in [-0.2, 0) is 19.3 Å². The van der Waals surface area contributed by atoms with Crippen LogP contribution in [0.4, 0.5) is 10.1 Å². The number of nitrogens with zero attached hydrogens (tertiary/aromatic N) is 2. The molecule has 5 nitrogen and oxygen atoms in total. The zero-order chi connectivity index (χ0) is 20.1. The number of aryl methyl sites for hydroxylation is 1. The van der Waals surface area contributed by atoms with Gasteiger partial charge in [-0.3, -0.25) is 4.79 Å². The third-order valence-corrected chi connectivity index (χ3v) is 6.05. The second-order valence-corrected chi connectivity index (χ2v) is 9.02. The Labute approximate surface area is 165 Å². The molecular weight excluding hydrogens is 355 g/mol. The largest absolute Gasteiger partial charge is 0.384 e. The number of carbonyl (C=O) groups is 1. The number of fused-ring (bicyclic) bond motifs is 1. The van der Waals surface area contributed by atoms with Crippen molar-refractivity contribution in [1.82, 2.24) is 9.78 Å². The molecule has 1 amide bonds. The highest BCUT2D eigenvalue weighted by atomic mass is 19.1. The van der Waals surface area contributed by atoms with Crippen molar-refractivity contribution in [3.8, 4) is 5.69 Å². The van der Waals surface area contributed by atoms with Gasteiger partial charge in [-0.05, 0) is 61.5 Å². The molecule has 4 rings (SSSR count). The summed E-state index contributed by atoms with van der Waals surface area (Å²) in [5, 5.41) is 8.06. The van der Waals surface area contributed by atoms with Crippen LogP contribution in [0.1, 0.15) is 67.3 Å². The first-order chi connectivity index (χ1) is 13.3. The molecule has 1 aromatic carbocycles. The summed E-state index contributed by atoms with van der Waals surface area (Å²) < 4.78 is 16.8. The minimum Gasteiger partial charge on any atom is -0.384 e. The van der Waals surface area contributed by atoms with E-state index >= 15 is 0 Å². The van der Waals surface area contributed by atoms with Gasteiger partial charge >= 0.3 is 0 Å². The molecule has 1 fully saturated rings. The van der Waals surface area contributed by atoms with Gasteiger partial charge in [-0.15, -0.1) is 0 Å². The number of primary amides is 1. The first-order valence-electron chi connectivity index (χ1n) is 10.3. The van der Waals surface area contributed by atoms with E-state index in [2.05, 4.69) is 26.1 Å². The van der Waals surface area contributed by atoms with Crippen LogP contribution in [0.2, 0.25) is 0 Å². The highest BCUT2D eigenvalue weighted by molar-refractivity contribution is 5.99. The van der Waals surface area contributed by atoms with Crippen molar-refractivity contribution in [2.75, 3.05) is 11.9 Å². The summed E-state index contributed by atoms with van der Waals surface area (Å²) in [6, 6.07) is 3.20. The van der Waals surface area contributed by atoms with Gasteiger partial charge in [0, 0.05) is 18.3 Å². The average Bonchev–Trinajstić information content (AvgIpc) is 3.38. The van der Waals surface area contributed by atoms with Gasteiger partial charge in [0.1, 0.15) is 5.82 Å². The Hall–Kier alpha value is -2.37. The molecule has 3 N–H and O–H groups in total. The summed E-state index contributed by atoms with van der Waals surface area (Å²) in [6.07, 6.45) is 6.22. The summed E-state index contributed by atoms with van der Waals surface area (Å²) in [4.78, 5) is 11.8. The molecule has 0 radical (unpaired) electrons. The van der Waals surface area contributed by atoms with Gasteiger partial charge in [0.15, 0.2) is 0 Å². The maximum Gasteiger partial charge on any atom is 0.253 e. The predicted octanol–water partition coefficient (Wildman–Crippen LogP) is 4.01. The number of nitrogens with one attached hydrogen (secondary N) is 1. The molecule has 0 spiro atoms. The van der Waals surface area contributed by atoms with Crippen molar-refractivity contribution in [1.29, 1.82) is 0 Å². The van der Waals surface area contributed by atoms with E-state index in [1.54, 1.807) is 0 Å². The third-order valence-electron chi connectivity index (χ3n) is 6.05. The number of nitrogens with two attached hydrogens (primary N) is 1. The maximum atomic E-state index is 14.9. The molecule has 0 bridgehead atoms. The SMILES string of the molecule is CCc1nn(-c2cc(F)c(C(N)=O)c(NCC3CC3)c2)c2c1CCC(C)(C)C2. The number of hydrogen-bond acceptors (Lipinski definition) is 3. The molecular formula is C22H29FN4O. The Morgan fingerprint density at radius 1 is 1.39 bits per heavy atom. The van der Waals surface area contributed by atoms with E-state index in [-0.39, 0.29) is 11.0 Å². The first-order valence-corrected chi connectivity index (χ1v) is 10.3. The van der Waals surface area contributed by atoms with Gasteiger partial charge < -0.3 is 11.1 Å². The fourth-order valence-corrected chi connectivity index (χ4v) is 4.19. The molecule has 0 atom stereocenters. The smallest absolute Gasteiger partial charge is 0.253 e. The topological polar surface area (TPSA) is 72.9 Å². The van der Waals surface area contributed by atoms with Crippen LogP contribution in [0.25, 0.3) is 5.69 Å². The number of hydrogen-bond donors (Lipinski definition) is 2. The molecule has 1 heterocycles. The van der Waals surface area contributed by atoms with E-state index in [1.165, 1.54) is 24.5 Å². The lowest BCUT2D eigenvalue weighted by atomic mass is 9.76. The number of benzene rings is 1. The molecule has 2 aliphatic carbocycles. The zero-order valence-corrected chi connectivity index (χ0v) is 16.9. The Bertz CT molecular complexity index is 927. The van der Waals surface area contributed by atoms with Gasteiger partial charge in [-0.2, -0.15) is 5.10 Å². The van der Waals surface area contributed by atoms with Crippen molar-refractivity contribution in [3.05, 3.63) is 40.5 Å². The van der Waals surface area contributed by atoms with Crippen molar-refractivity contribution >= 4 is 11.6 Å². The quantitative estimate of drug-likeness (QED) is 0.790. The molecule has 1 saturated carbocycles. The summed E-state index contributed by atoms with van der Waals surface area (Å²) in [6.45, 7) is 7.36. The van der Waals surface area contributed by atoms with Gasteiger partial charge in [-0.25, -0.2) is 9.07 Å². The van der Waals surface area contributed by atoms with E-state index in [0.29, 0.717) is 17.3 Å². The first kappa shape index (κ1) is 19.0. The highest BCUT2D eigenvalue weighted by Gasteiger charge is 2.31. The van der Waals surface area contributed by atoms with Gasteiger partial charge in [0.05, 0.1) is 22.6 Å². The van der Waals surface area contributed by atoms with E-state index in [1.807, 2.05) is 10.7 Å². The Morgan fingerprint density at radius 3 is 2.79 bits per heavy atom. The molecule has 2 aliphatic rings. The second kappa shape index (κ2) is 6.90. The van der Waals surface area contributed by atoms with E-state index < -0.39 is 11.7 Å². The number of rotatable bonds is 6. The van der Waals surface area contributed by atoms with Crippen LogP contribution >= 0.6 is 0 Å². The average molecular weight is 384 g/mol. The molecule has 6 heteroatoms. The molecule has 1 aromatic heterocycles. The van der Waals surface area contributed by atoms with Gasteiger partial charge in [0.2, 0.25) is 0 Å². The Morgan fingerprint density at radius 2 is 2.14 bits per heavy atom. The monoisotopic (exact) mass is 384 g/mol. The van der Waals surface area contributed by atoms with Crippen molar-refractivity contribution in [2.24, 2.45) is 17.1 Å². The summed E-state index contributed by atoms with van der Waals surface area (Å²) >= 11 is 0. The van der Waals surface area contributed by atoms with Crippen LogP contribution in [0.15, 0.2) is 12.1 Å². The highest BCUT2D eigenvalue weighted by Crippen LogP contribution is 2.38. The molecule has 0 unspecified atom stereocenters. The van der Waals surface area contributed by atoms with Crippen LogP contribution in [0.5, 0.6) is 0 Å². The summed E-state index contributed by atoms with van der Waals surface area (Å²) in [5.74, 6) is -0.752. The second-order valence-electron chi connectivity index (χ2n) is 9.02. The van der Waals surface area contributed by atoms with E-state index in [9.17, 15) is 9.18 Å². The Balaban J connectivity index is 1.80. The minimum absolute atomic E-state index is 0.0681. The van der Waals surface area contributed by atoms with Crippen LogP contribution in [0.3, 0.4) is 0 Å². The van der Waals surface area contributed by atoms with Crippen molar-refractivity contribution < 1.29 is 9.18 Å². The number of aromatic nitrogens is 2. The lowest BCUT2D eigenvalue weighted by Crippen LogP contribution is -2.24. The fourth-order valence-electron chi connectivity index (χ4n) is 4.19. The van der Waals surface area contributed by atoms with Gasteiger partial charge in [0.25, 0.3) is 5.91 Å². The number of anilines is 1. The van der Waals surface area contributed by atoms with Gasteiger partial charge in [-0.1, -0.05) is 20.8 Å². The lowest BCUT2D eigenvalue weighted by molar-refractivity contribution is 0.0997. The summed E-state index contributed by atoms with van der Waals surface area (Å²) in [7, 11) is 0. The lowest BCUT2D eigenvalue weighted by Gasteiger charge is -2.30. The molecule has 2 aromatic rings. The molecule has 150 valence electrons. The zero-order valence-electron chi connectivity index (χ0n) is 16.9. The van der Waals surface area contributed by atoms with Crippen LogP contribution < -0.4 is 11.1 Å². The standard InChI is InChI=1S/C22H29FN4O/c1-4-17-15-7-8-22(2,3)11-19(15)27(26-17)14-9-16(23)20(21(24)28)18(10-14)25-12-13-5-6-13/h9-10,13,25H,4-8,11-12H2,1-3H3,(H2,24,28). The van der Waals surface area contributed by atoms with Crippen molar-refractivity contribution in [2.45, 2.75) is 59.3 Å². The molecule has 0 saturated heterocycles. The van der Waals surface area contributed by atoms with E-state index in [0.717, 1.165) is 43.6 Å². The summed E-state index contributed by atoms with van der Waals surface area (Å²) in [5.41, 5.74) is 10.2. The van der Waals surface area contributed by atoms with E-state index in [4.69, 9.17) is 10.8 Å². The van der Waals surface area contributed by atoms with Crippen LogP contribution in [0, 0.1) is 17.2 Å². The van der Waals surface area contributed by atoms with Crippen molar-refractivity contribution in [3.63, 3.8) is 0 Å². The minimum atomic E-state index is -0.750. The normalized spacial score (nSPS) is 18.0. The Kier molecular flexibility index (Phi) is 4.68. The molecule has 28 heavy (non-hydrogen) atoms. The third kappa shape index (κ3) is 3.52. The van der Waals surface area contributed by atoms with Crippen LogP contribution in [-0.4, -0.2) is 22.2 Å². The number of halogens is 1. The number of amides is 1.